The van der Waals surface area contributed by atoms with Crippen molar-refractivity contribution in [1.29, 1.82) is 0 Å². The number of rotatable bonds is 8. The van der Waals surface area contributed by atoms with Crippen molar-refractivity contribution in [2.45, 2.75) is 19.3 Å². The van der Waals surface area contributed by atoms with E-state index in [1.807, 2.05) is 5.48 Å². The van der Waals surface area contributed by atoms with Crippen LogP contribution in [0.15, 0.2) is 47.5 Å². The van der Waals surface area contributed by atoms with E-state index in [0.29, 0.717) is 12.0 Å². The fourth-order valence-corrected chi connectivity index (χ4v) is 3.25. The molecule has 0 aromatic heterocycles. The molecule has 0 heterocycles. The average Bonchev–Trinajstić information content (AvgIpc) is 3.25. The average molecular weight is 437 g/mol. The Hall–Kier alpha value is -3.33. The third-order valence-electron chi connectivity index (χ3n) is 4.68. The summed E-state index contributed by atoms with van der Waals surface area (Å²) in [5, 5.41) is 2.17. The predicted octanol–water partition coefficient (Wildman–Crippen LogP) is 4.08. The highest BCUT2D eigenvalue weighted by Gasteiger charge is 2.27. The van der Waals surface area contributed by atoms with Gasteiger partial charge in [0.05, 0.1) is 11.2 Å². The molecule has 0 saturated heterocycles. The molecule has 1 aliphatic carbocycles. The molecule has 0 saturated carbocycles. The molecule has 9 heteroatoms. The zero-order chi connectivity index (χ0) is 24.9. The van der Waals surface area contributed by atoms with E-state index in [0.717, 1.165) is 12.1 Å². The number of carbonyl (C=O) groups is 2. The number of amides is 2. The molecule has 0 bridgehead atoms. The standard InChI is InChI=1S/C22H21F3N2O4/c1-30-15-5-2-4-13(10-15)14-11-18(24)20(19(25)12-14)26-21(28)16-6-3-7-17(16)22(29)27-31-9-8-23/h2,4-5,10-12H,3,6-9H2,1H3,(H,26,28)(H,27,29)/i1D3. The fraction of sp³-hybridized carbons (Fsp3) is 0.273. The zero-order valence-electron chi connectivity index (χ0n) is 19.3. The van der Waals surface area contributed by atoms with E-state index in [-0.39, 0.29) is 41.9 Å². The Bertz CT molecular complexity index is 1100. The van der Waals surface area contributed by atoms with Crippen molar-refractivity contribution in [3.63, 3.8) is 0 Å². The molecule has 6 nitrogen and oxygen atoms in total. The van der Waals surface area contributed by atoms with Gasteiger partial charge in [-0.05, 0) is 54.7 Å². The number of anilines is 1. The van der Waals surface area contributed by atoms with Crippen molar-refractivity contribution >= 4 is 17.5 Å². The van der Waals surface area contributed by atoms with Gasteiger partial charge in [0.25, 0.3) is 11.8 Å². The van der Waals surface area contributed by atoms with Crippen LogP contribution in [0.2, 0.25) is 0 Å². The number of nitrogens with one attached hydrogen (secondary N) is 2. The molecule has 0 spiro atoms. The molecule has 2 aromatic carbocycles. The highest BCUT2D eigenvalue weighted by Crippen LogP contribution is 2.31. The molecule has 0 unspecified atom stereocenters. The van der Waals surface area contributed by atoms with Gasteiger partial charge in [0.1, 0.15) is 36.4 Å². The van der Waals surface area contributed by atoms with Gasteiger partial charge in [-0.1, -0.05) is 12.1 Å². The van der Waals surface area contributed by atoms with Crippen LogP contribution in [0.4, 0.5) is 18.9 Å². The van der Waals surface area contributed by atoms with Crippen molar-refractivity contribution < 1.29 is 36.4 Å². The van der Waals surface area contributed by atoms with Gasteiger partial charge >= 0.3 is 0 Å². The molecular formula is C22H21F3N2O4. The Labute approximate surface area is 181 Å². The second-order valence-electron chi connectivity index (χ2n) is 6.68. The Balaban J connectivity index is 1.80. The van der Waals surface area contributed by atoms with Crippen LogP contribution in [-0.4, -0.2) is 32.1 Å². The molecule has 0 fully saturated rings. The molecule has 1 aliphatic rings. The summed E-state index contributed by atoms with van der Waals surface area (Å²) in [7, 11) is -2.69. The van der Waals surface area contributed by atoms with E-state index in [1.165, 1.54) is 24.3 Å². The maximum absolute atomic E-state index is 14.8. The molecule has 0 atom stereocenters. The van der Waals surface area contributed by atoms with Crippen LogP contribution in [0.1, 0.15) is 23.4 Å². The summed E-state index contributed by atoms with van der Waals surface area (Å²) in [5.41, 5.74) is 1.87. The molecule has 2 aromatic rings. The number of benzene rings is 2. The van der Waals surface area contributed by atoms with Crippen molar-refractivity contribution in [1.82, 2.24) is 5.48 Å². The van der Waals surface area contributed by atoms with Crippen LogP contribution < -0.4 is 15.5 Å². The largest absolute Gasteiger partial charge is 0.497 e. The topological polar surface area (TPSA) is 76.7 Å². The molecular weight excluding hydrogens is 413 g/mol. The number of halogens is 3. The number of ether oxygens (including phenoxy) is 1. The number of carbonyl (C=O) groups excluding carboxylic acids is 2. The van der Waals surface area contributed by atoms with E-state index in [4.69, 9.17) is 8.85 Å². The van der Waals surface area contributed by atoms with Crippen LogP contribution in [0.3, 0.4) is 0 Å². The third kappa shape index (κ3) is 5.24. The smallest absolute Gasteiger partial charge is 0.271 e. The Morgan fingerprint density at radius 1 is 1.06 bits per heavy atom. The Kier molecular flexibility index (Phi) is 6.02. The fourth-order valence-electron chi connectivity index (χ4n) is 3.25. The number of hydrogen-bond acceptors (Lipinski definition) is 4. The van der Waals surface area contributed by atoms with Crippen LogP contribution in [0, 0.1) is 11.6 Å². The van der Waals surface area contributed by atoms with Crippen LogP contribution in [0.25, 0.3) is 11.1 Å². The SMILES string of the molecule is [2H]C([2H])([2H])Oc1cccc(-c2cc(F)c(NC(=O)C3=C(C(=O)NOCCF)CCC3)c(F)c2)c1. The van der Waals surface area contributed by atoms with E-state index < -0.39 is 42.8 Å². The molecule has 0 radical (unpaired) electrons. The van der Waals surface area contributed by atoms with Crippen molar-refractivity contribution in [2.75, 3.05) is 25.6 Å². The first kappa shape index (κ1) is 18.4. The van der Waals surface area contributed by atoms with E-state index in [1.54, 1.807) is 0 Å². The van der Waals surface area contributed by atoms with Crippen LogP contribution in [0.5, 0.6) is 5.75 Å². The van der Waals surface area contributed by atoms with Gasteiger partial charge in [0.15, 0.2) is 0 Å². The first-order chi connectivity index (χ1) is 16.1. The van der Waals surface area contributed by atoms with Gasteiger partial charge in [0.2, 0.25) is 0 Å². The first-order valence-corrected chi connectivity index (χ1v) is 9.39. The van der Waals surface area contributed by atoms with Gasteiger partial charge in [-0.15, -0.1) is 0 Å². The van der Waals surface area contributed by atoms with Gasteiger partial charge in [-0.3, -0.25) is 14.4 Å². The highest BCUT2D eigenvalue weighted by atomic mass is 19.1. The highest BCUT2D eigenvalue weighted by molar-refractivity contribution is 6.10. The van der Waals surface area contributed by atoms with Crippen LogP contribution in [-0.2, 0) is 14.4 Å². The summed E-state index contributed by atoms with van der Waals surface area (Å²) in [6.45, 7) is -1.16. The van der Waals surface area contributed by atoms with E-state index in [2.05, 4.69) is 10.2 Å². The minimum absolute atomic E-state index is 0.00911. The van der Waals surface area contributed by atoms with Crippen molar-refractivity contribution in [3.8, 4) is 16.9 Å². The van der Waals surface area contributed by atoms with Crippen LogP contribution >= 0.6 is 0 Å². The summed E-state index contributed by atoms with van der Waals surface area (Å²) in [4.78, 5) is 29.4. The molecule has 0 aliphatic heterocycles. The number of hydroxylamine groups is 1. The Morgan fingerprint density at radius 2 is 1.77 bits per heavy atom. The lowest BCUT2D eigenvalue weighted by molar-refractivity contribution is -0.130. The number of methoxy groups -OCH3 is 1. The maximum atomic E-state index is 14.8. The normalized spacial score (nSPS) is 15.1. The maximum Gasteiger partial charge on any atom is 0.271 e. The second-order valence-corrected chi connectivity index (χ2v) is 6.68. The van der Waals surface area contributed by atoms with Crippen molar-refractivity contribution in [2.24, 2.45) is 0 Å². The quantitative estimate of drug-likeness (QED) is 0.482. The minimum Gasteiger partial charge on any atom is -0.497 e. The molecule has 2 N–H and O–H groups in total. The predicted molar refractivity (Wildman–Crippen MR) is 108 cm³/mol. The van der Waals surface area contributed by atoms with Gasteiger partial charge in [-0.2, -0.15) is 0 Å². The second kappa shape index (κ2) is 10.1. The summed E-state index contributed by atoms with van der Waals surface area (Å²) in [6, 6.07) is 7.65. The molecule has 2 amide bonds. The summed E-state index contributed by atoms with van der Waals surface area (Å²) < 4.78 is 67.9. The zero-order valence-corrected chi connectivity index (χ0v) is 16.3. The number of alkyl halides is 1. The lowest BCUT2D eigenvalue weighted by Gasteiger charge is -2.12. The Morgan fingerprint density at radius 3 is 2.45 bits per heavy atom. The van der Waals surface area contributed by atoms with Gasteiger partial charge in [-0.25, -0.2) is 18.7 Å². The van der Waals surface area contributed by atoms with E-state index in [9.17, 15) is 22.8 Å². The summed E-state index contributed by atoms with van der Waals surface area (Å²) >= 11 is 0. The van der Waals surface area contributed by atoms with Gasteiger partial charge in [0, 0.05) is 11.1 Å². The molecule has 31 heavy (non-hydrogen) atoms. The lowest BCUT2D eigenvalue weighted by atomic mass is 10.0. The van der Waals surface area contributed by atoms with Gasteiger partial charge < -0.3 is 10.1 Å². The third-order valence-corrected chi connectivity index (χ3v) is 4.68. The number of hydrogen-bond donors (Lipinski definition) is 2. The summed E-state index contributed by atoms with van der Waals surface area (Å²) in [5.74, 6) is -3.70. The summed E-state index contributed by atoms with van der Waals surface area (Å²) in [6.07, 6.45) is 0.953. The minimum atomic E-state index is -2.69. The monoisotopic (exact) mass is 437 g/mol. The van der Waals surface area contributed by atoms with Crippen molar-refractivity contribution in [3.05, 3.63) is 59.2 Å². The molecule has 164 valence electrons. The van der Waals surface area contributed by atoms with E-state index >= 15 is 0 Å². The molecule has 3 rings (SSSR count). The lowest BCUT2D eigenvalue weighted by Crippen LogP contribution is -2.28. The first-order valence-electron chi connectivity index (χ1n) is 10.9.